The zero-order chi connectivity index (χ0) is 15.2. The molecule has 0 aliphatic rings. The fraction of sp³-hybridized carbons (Fsp3) is 0.133. The number of carbonyl (C=O) groups is 1. The fourth-order valence-corrected chi connectivity index (χ4v) is 2.08. The lowest BCUT2D eigenvalue weighted by atomic mass is 10.2. The molecule has 0 aliphatic carbocycles. The van der Waals surface area contributed by atoms with Crippen molar-refractivity contribution in [2.45, 2.75) is 6.61 Å². The average Bonchev–Trinajstić information content (AvgIpc) is 2.46. The van der Waals surface area contributed by atoms with Crippen LogP contribution in [0.1, 0.15) is 5.56 Å². The molecule has 110 valence electrons. The summed E-state index contributed by atoms with van der Waals surface area (Å²) in [7, 11) is 0. The largest absolute Gasteiger partial charge is 0.482 e. The third-order valence-corrected chi connectivity index (χ3v) is 3.38. The van der Waals surface area contributed by atoms with Crippen LogP contribution in [-0.4, -0.2) is 12.6 Å². The van der Waals surface area contributed by atoms with Crippen LogP contribution in [0.4, 0.5) is 5.69 Å². The van der Waals surface area contributed by atoms with Crippen LogP contribution < -0.4 is 10.5 Å². The molecular formula is C15H13Cl2NO3. The first-order valence-corrected chi connectivity index (χ1v) is 6.88. The van der Waals surface area contributed by atoms with Crippen LogP contribution in [0.5, 0.6) is 5.75 Å². The van der Waals surface area contributed by atoms with E-state index in [1.165, 1.54) is 0 Å². The summed E-state index contributed by atoms with van der Waals surface area (Å²) >= 11 is 12.0. The first-order chi connectivity index (χ1) is 10.1. The Kier molecular flexibility index (Phi) is 5.31. The molecule has 0 amide bonds. The summed E-state index contributed by atoms with van der Waals surface area (Å²) in [5.41, 5.74) is 6.75. The van der Waals surface area contributed by atoms with Gasteiger partial charge in [-0.1, -0.05) is 29.3 Å². The van der Waals surface area contributed by atoms with Crippen LogP contribution in [0.25, 0.3) is 0 Å². The first-order valence-electron chi connectivity index (χ1n) is 6.13. The highest BCUT2D eigenvalue weighted by Gasteiger charge is 2.09. The molecular weight excluding hydrogens is 313 g/mol. The molecule has 0 saturated carbocycles. The van der Waals surface area contributed by atoms with E-state index in [1.54, 1.807) is 42.5 Å². The lowest BCUT2D eigenvalue weighted by Crippen LogP contribution is -2.15. The van der Waals surface area contributed by atoms with E-state index in [0.29, 0.717) is 27.0 Å². The van der Waals surface area contributed by atoms with Crippen molar-refractivity contribution >= 4 is 34.9 Å². The van der Waals surface area contributed by atoms with Crippen molar-refractivity contribution in [2.75, 3.05) is 12.3 Å². The molecule has 0 radical (unpaired) electrons. The molecule has 6 heteroatoms. The number of halogens is 2. The number of anilines is 1. The zero-order valence-corrected chi connectivity index (χ0v) is 12.5. The number of nitrogens with two attached hydrogens (primary N) is 1. The van der Waals surface area contributed by atoms with Crippen LogP contribution >= 0.6 is 23.2 Å². The SMILES string of the molecule is Nc1ccc(OCC(=O)OCc2c(Cl)cccc2Cl)cc1. The molecule has 0 bridgehead atoms. The van der Waals surface area contributed by atoms with Crippen LogP contribution in [0.2, 0.25) is 10.0 Å². The number of benzene rings is 2. The first kappa shape index (κ1) is 15.5. The van der Waals surface area contributed by atoms with Crippen molar-refractivity contribution in [3.63, 3.8) is 0 Å². The van der Waals surface area contributed by atoms with Gasteiger partial charge in [0.25, 0.3) is 0 Å². The topological polar surface area (TPSA) is 61.5 Å². The van der Waals surface area contributed by atoms with Crippen molar-refractivity contribution < 1.29 is 14.3 Å². The number of ether oxygens (including phenoxy) is 2. The summed E-state index contributed by atoms with van der Waals surface area (Å²) in [6, 6.07) is 11.8. The van der Waals surface area contributed by atoms with E-state index in [-0.39, 0.29) is 13.2 Å². The Morgan fingerprint density at radius 1 is 1.05 bits per heavy atom. The van der Waals surface area contributed by atoms with Gasteiger partial charge in [0.15, 0.2) is 6.61 Å². The summed E-state index contributed by atoms with van der Waals surface area (Å²) in [6.07, 6.45) is 0. The molecule has 2 aromatic carbocycles. The predicted molar refractivity (Wildman–Crippen MR) is 82.6 cm³/mol. The van der Waals surface area contributed by atoms with Gasteiger partial charge in [-0.25, -0.2) is 4.79 Å². The van der Waals surface area contributed by atoms with Gasteiger partial charge in [0.05, 0.1) is 0 Å². The monoisotopic (exact) mass is 325 g/mol. The zero-order valence-electron chi connectivity index (χ0n) is 11.0. The Hall–Kier alpha value is -1.91. The van der Waals surface area contributed by atoms with Gasteiger partial charge >= 0.3 is 5.97 Å². The standard InChI is InChI=1S/C15H13Cl2NO3/c16-13-2-1-3-14(17)12(13)8-21-15(19)9-20-11-6-4-10(18)5-7-11/h1-7H,8-9,18H2. The molecule has 0 aromatic heterocycles. The second kappa shape index (κ2) is 7.20. The van der Waals surface area contributed by atoms with E-state index in [2.05, 4.69) is 0 Å². The van der Waals surface area contributed by atoms with Gasteiger partial charge in [-0.3, -0.25) is 0 Å². The molecule has 0 heterocycles. The van der Waals surface area contributed by atoms with E-state index in [0.717, 1.165) is 0 Å². The second-order valence-electron chi connectivity index (χ2n) is 4.22. The molecule has 0 saturated heterocycles. The summed E-state index contributed by atoms with van der Waals surface area (Å²) in [4.78, 5) is 11.6. The molecule has 21 heavy (non-hydrogen) atoms. The lowest BCUT2D eigenvalue weighted by Gasteiger charge is -2.09. The lowest BCUT2D eigenvalue weighted by molar-refractivity contribution is -0.147. The van der Waals surface area contributed by atoms with Gasteiger partial charge in [0.1, 0.15) is 12.4 Å². The molecule has 2 aromatic rings. The van der Waals surface area contributed by atoms with Crippen molar-refractivity contribution in [3.05, 3.63) is 58.1 Å². The maximum atomic E-state index is 11.6. The molecule has 2 rings (SSSR count). The molecule has 0 aliphatic heterocycles. The minimum atomic E-state index is -0.511. The van der Waals surface area contributed by atoms with E-state index < -0.39 is 5.97 Å². The summed E-state index contributed by atoms with van der Waals surface area (Å²) in [5, 5.41) is 0.907. The second-order valence-corrected chi connectivity index (χ2v) is 5.03. The minimum Gasteiger partial charge on any atom is -0.482 e. The number of esters is 1. The van der Waals surface area contributed by atoms with Crippen LogP contribution in [0.3, 0.4) is 0 Å². The van der Waals surface area contributed by atoms with Crippen LogP contribution in [-0.2, 0) is 16.1 Å². The van der Waals surface area contributed by atoms with Crippen molar-refractivity contribution in [3.8, 4) is 5.75 Å². The highest BCUT2D eigenvalue weighted by molar-refractivity contribution is 6.35. The fourth-order valence-electron chi connectivity index (χ4n) is 1.57. The van der Waals surface area contributed by atoms with Gasteiger partial charge in [0.2, 0.25) is 0 Å². The molecule has 0 fully saturated rings. The normalized spacial score (nSPS) is 10.2. The summed E-state index contributed by atoms with van der Waals surface area (Å²) in [5.74, 6) is 0.0275. The van der Waals surface area contributed by atoms with Crippen molar-refractivity contribution in [1.29, 1.82) is 0 Å². The Morgan fingerprint density at radius 3 is 2.29 bits per heavy atom. The predicted octanol–water partition coefficient (Wildman–Crippen LogP) is 3.70. The molecule has 0 atom stereocenters. The number of hydrogen-bond acceptors (Lipinski definition) is 4. The van der Waals surface area contributed by atoms with E-state index in [1.807, 2.05) is 0 Å². The van der Waals surface area contributed by atoms with E-state index in [4.69, 9.17) is 38.4 Å². The maximum Gasteiger partial charge on any atom is 0.344 e. The van der Waals surface area contributed by atoms with Gasteiger partial charge in [-0.15, -0.1) is 0 Å². The molecule has 0 unspecified atom stereocenters. The Balaban J connectivity index is 1.84. The van der Waals surface area contributed by atoms with E-state index >= 15 is 0 Å². The number of rotatable bonds is 5. The highest BCUT2D eigenvalue weighted by atomic mass is 35.5. The highest BCUT2D eigenvalue weighted by Crippen LogP contribution is 2.24. The quantitative estimate of drug-likeness (QED) is 0.672. The number of nitrogen functional groups attached to an aromatic ring is 1. The van der Waals surface area contributed by atoms with Gasteiger partial charge in [-0.2, -0.15) is 0 Å². The van der Waals surface area contributed by atoms with Crippen LogP contribution in [0, 0.1) is 0 Å². The third kappa shape index (κ3) is 4.55. The summed E-state index contributed by atoms with van der Waals surface area (Å²) < 4.78 is 10.4. The molecule has 0 spiro atoms. The van der Waals surface area contributed by atoms with Crippen LogP contribution in [0.15, 0.2) is 42.5 Å². The molecule has 4 nitrogen and oxygen atoms in total. The Labute approximate surface area is 132 Å². The van der Waals surface area contributed by atoms with Crippen molar-refractivity contribution in [1.82, 2.24) is 0 Å². The smallest absolute Gasteiger partial charge is 0.344 e. The Morgan fingerprint density at radius 2 is 1.67 bits per heavy atom. The Bertz CT molecular complexity index is 609. The maximum absolute atomic E-state index is 11.6. The number of hydrogen-bond donors (Lipinski definition) is 1. The number of carbonyl (C=O) groups excluding carboxylic acids is 1. The summed E-state index contributed by atoms with van der Waals surface area (Å²) in [6.45, 7) is -0.200. The molecule has 2 N–H and O–H groups in total. The van der Waals surface area contributed by atoms with E-state index in [9.17, 15) is 4.79 Å². The minimum absolute atomic E-state index is 0.00242. The third-order valence-electron chi connectivity index (χ3n) is 2.68. The van der Waals surface area contributed by atoms with Gasteiger partial charge in [-0.05, 0) is 36.4 Å². The average molecular weight is 326 g/mol. The van der Waals surface area contributed by atoms with Gasteiger partial charge in [0, 0.05) is 21.3 Å². The van der Waals surface area contributed by atoms with Crippen molar-refractivity contribution in [2.24, 2.45) is 0 Å². The van der Waals surface area contributed by atoms with Gasteiger partial charge < -0.3 is 15.2 Å².